The van der Waals surface area contributed by atoms with Crippen LogP contribution in [0.1, 0.15) is 15.9 Å². The van der Waals surface area contributed by atoms with Crippen LogP contribution in [0.25, 0.3) is 10.8 Å². The fourth-order valence-corrected chi connectivity index (χ4v) is 2.38. The standard InChI is InChI=1S/C18H14O3/c1-21-13-8-6-12(7-9-13)18(20)16-10-11-17(19)15-5-3-2-4-14(15)16/h2-11,19H,1H3. The quantitative estimate of drug-likeness (QED) is 0.741. The molecule has 3 aromatic carbocycles. The summed E-state index contributed by atoms with van der Waals surface area (Å²) in [6.07, 6.45) is 0. The molecule has 21 heavy (non-hydrogen) atoms. The molecule has 3 nitrogen and oxygen atoms in total. The summed E-state index contributed by atoms with van der Waals surface area (Å²) in [7, 11) is 1.59. The van der Waals surface area contributed by atoms with Crippen LogP contribution >= 0.6 is 0 Å². The summed E-state index contributed by atoms with van der Waals surface area (Å²) in [5.74, 6) is 0.813. The monoisotopic (exact) mass is 278 g/mol. The average molecular weight is 278 g/mol. The van der Waals surface area contributed by atoms with Crippen LogP contribution in [-0.2, 0) is 0 Å². The Bertz CT molecular complexity index is 804. The molecule has 0 saturated heterocycles. The normalized spacial score (nSPS) is 10.5. The molecule has 3 rings (SSSR count). The van der Waals surface area contributed by atoms with E-state index in [1.54, 1.807) is 49.6 Å². The van der Waals surface area contributed by atoms with Crippen molar-refractivity contribution < 1.29 is 14.6 Å². The summed E-state index contributed by atoms with van der Waals surface area (Å²) in [5, 5.41) is 11.3. The highest BCUT2D eigenvalue weighted by molar-refractivity contribution is 6.17. The third kappa shape index (κ3) is 2.34. The average Bonchev–Trinajstić information content (AvgIpc) is 2.55. The van der Waals surface area contributed by atoms with Gasteiger partial charge in [-0.3, -0.25) is 4.79 Å². The number of aromatic hydroxyl groups is 1. The first-order valence-corrected chi connectivity index (χ1v) is 6.60. The van der Waals surface area contributed by atoms with Crippen LogP contribution in [0, 0.1) is 0 Å². The number of hydrogen-bond donors (Lipinski definition) is 1. The minimum atomic E-state index is -0.0751. The number of phenolic OH excluding ortho intramolecular Hbond substituents is 1. The molecule has 0 heterocycles. The first-order valence-electron chi connectivity index (χ1n) is 6.60. The minimum absolute atomic E-state index is 0.0751. The van der Waals surface area contributed by atoms with Crippen LogP contribution in [-0.4, -0.2) is 18.0 Å². The molecule has 0 aliphatic rings. The minimum Gasteiger partial charge on any atom is -0.507 e. The van der Waals surface area contributed by atoms with Gasteiger partial charge in [-0.25, -0.2) is 0 Å². The fraction of sp³-hybridized carbons (Fsp3) is 0.0556. The van der Waals surface area contributed by atoms with E-state index in [2.05, 4.69) is 0 Å². The van der Waals surface area contributed by atoms with Crippen LogP contribution in [0.4, 0.5) is 0 Å². The second-order valence-electron chi connectivity index (χ2n) is 4.74. The van der Waals surface area contributed by atoms with Crippen molar-refractivity contribution in [2.75, 3.05) is 7.11 Å². The number of carbonyl (C=O) groups excluding carboxylic acids is 1. The Hall–Kier alpha value is -2.81. The van der Waals surface area contributed by atoms with Gasteiger partial charge in [-0.1, -0.05) is 24.3 Å². The van der Waals surface area contributed by atoms with Crippen LogP contribution in [0.3, 0.4) is 0 Å². The van der Waals surface area contributed by atoms with E-state index in [0.717, 1.165) is 5.39 Å². The third-order valence-electron chi connectivity index (χ3n) is 3.50. The summed E-state index contributed by atoms with van der Waals surface area (Å²) in [6.45, 7) is 0. The Morgan fingerprint density at radius 1 is 0.905 bits per heavy atom. The van der Waals surface area contributed by atoms with Gasteiger partial charge >= 0.3 is 0 Å². The topological polar surface area (TPSA) is 46.5 Å². The second-order valence-corrected chi connectivity index (χ2v) is 4.74. The molecule has 0 atom stereocenters. The summed E-state index contributed by atoms with van der Waals surface area (Å²) in [5.41, 5.74) is 1.17. The van der Waals surface area contributed by atoms with E-state index in [-0.39, 0.29) is 11.5 Å². The predicted octanol–water partition coefficient (Wildman–Crippen LogP) is 3.79. The van der Waals surface area contributed by atoms with Gasteiger partial charge < -0.3 is 9.84 Å². The number of ether oxygens (including phenoxy) is 1. The molecular weight excluding hydrogens is 264 g/mol. The van der Waals surface area contributed by atoms with Gasteiger partial charge in [0.05, 0.1) is 7.11 Å². The van der Waals surface area contributed by atoms with Crippen molar-refractivity contribution in [1.29, 1.82) is 0 Å². The molecule has 0 unspecified atom stereocenters. The van der Waals surface area contributed by atoms with E-state index in [1.807, 2.05) is 18.2 Å². The molecule has 1 N–H and O–H groups in total. The molecule has 0 aromatic heterocycles. The smallest absolute Gasteiger partial charge is 0.193 e. The molecule has 0 fully saturated rings. The zero-order valence-corrected chi connectivity index (χ0v) is 11.5. The fourth-order valence-electron chi connectivity index (χ4n) is 2.38. The lowest BCUT2D eigenvalue weighted by Crippen LogP contribution is -2.02. The molecule has 0 radical (unpaired) electrons. The Labute approximate surface area is 122 Å². The van der Waals surface area contributed by atoms with Crippen molar-refractivity contribution in [1.82, 2.24) is 0 Å². The molecule has 0 bridgehead atoms. The van der Waals surface area contributed by atoms with E-state index in [4.69, 9.17) is 4.74 Å². The van der Waals surface area contributed by atoms with Crippen molar-refractivity contribution in [3.8, 4) is 11.5 Å². The molecule has 0 aliphatic carbocycles. The summed E-state index contributed by atoms with van der Waals surface area (Å²) >= 11 is 0. The molecular formula is C18H14O3. The van der Waals surface area contributed by atoms with Crippen molar-refractivity contribution in [3.05, 3.63) is 71.8 Å². The number of fused-ring (bicyclic) bond motifs is 1. The lowest BCUT2D eigenvalue weighted by molar-refractivity contribution is 0.104. The lowest BCUT2D eigenvalue weighted by Gasteiger charge is -2.08. The van der Waals surface area contributed by atoms with Crippen molar-refractivity contribution in [2.45, 2.75) is 0 Å². The predicted molar refractivity (Wildman–Crippen MR) is 82.0 cm³/mol. The van der Waals surface area contributed by atoms with E-state index < -0.39 is 0 Å². The summed E-state index contributed by atoms with van der Waals surface area (Å²) in [6, 6.07) is 17.5. The Morgan fingerprint density at radius 2 is 1.57 bits per heavy atom. The number of hydrogen-bond acceptors (Lipinski definition) is 3. The zero-order chi connectivity index (χ0) is 14.8. The molecule has 0 saturated carbocycles. The van der Waals surface area contributed by atoms with Gasteiger partial charge in [-0.05, 0) is 41.8 Å². The molecule has 0 aliphatic heterocycles. The third-order valence-corrected chi connectivity index (χ3v) is 3.50. The van der Waals surface area contributed by atoms with Gasteiger partial charge in [0.2, 0.25) is 0 Å². The number of rotatable bonds is 3. The highest BCUT2D eigenvalue weighted by Gasteiger charge is 2.14. The van der Waals surface area contributed by atoms with E-state index >= 15 is 0 Å². The Balaban J connectivity index is 2.11. The van der Waals surface area contributed by atoms with Gasteiger partial charge in [-0.15, -0.1) is 0 Å². The number of benzene rings is 3. The maximum atomic E-state index is 12.6. The maximum absolute atomic E-state index is 12.6. The maximum Gasteiger partial charge on any atom is 0.193 e. The number of phenols is 1. The van der Waals surface area contributed by atoms with Gasteiger partial charge in [0.15, 0.2) is 5.78 Å². The molecule has 0 spiro atoms. The number of ketones is 1. The highest BCUT2D eigenvalue weighted by atomic mass is 16.5. The largest absolute Gasteiger partial charge is 0.507 e. The highest BCUT2D eigenvalue weighted by Crippen LogP contribution is 2.29. The van der Waals surface area contributed by atoms with Crippen LogP contribution in [0.5, 0.6) is 11.5 Å². The molecule has 104 valence electrons. The Kier molecular flexibility index (Phi) is 3.32. The van der Waals surface area contributed by atoms with Crippen LogP contribution in [0.15, 0.2) is 60.7 Å². The molecule has 3 heteroatoms. The SMILES string of the molecule is COc1ccc(C(=O)c2ccc(O)c3ccccc23)cc1. The summed E-state index contributed by atoms with van der Waals surface area (Å²) in [4.78, 5) is 12.6. The zero-order valence-electron chi connectivity index (χ0n) is 11.5. The van der Waals surface area contributed by atoms with E-state index in [0.29, 0.717) is 22.3 Å². The van der Waals surface area contributed by atoms with Crippen LogP contribution in [0.2, 0.25) is 0 Å². The van der Waals surface area contributed by atoms with Crippen molar-refractivity contribution in [2.24, 2.45) is 0 Å². The number of carbonyl (C=O) groups is 1. The van der Waals surface area contributed by atoms with Gasteiger partial charge in [-0.2, -0.15) is 0 Å². The first-order chi connectivity index (χ1) is 10.2. The van der Waals surface area contributed by atoms with E-state index in [1.165, 1.54) is 0 Å². The van der Waals surface area contributed by atoms with Gasteiger partial charge in [0, 0.05) is 16.5 Å². The van der Waals surface area contributed by atoms with Crippen LogP contribution < -0.4 is 4.74 Å². The molecule has 3 aromatic rings. The van der Waals surface area contributed by atoms with Crippen molar-refractivity contribution >= 4 is 16.6 Å². The molecule has 0 amide bonds. The summed E-state index contributed by atoms with van der Waals surface area (Å²) < 4.78 is 5.10. The Morgan fingerprint density at radius 3 is 2.24 bits per heavy atom. The number of methoxy groups -OCH3 is 1. The van der Waals surface area contributed by atoms with Crippen molar-refractivity contribution in [3.63, 3.8) is 0 Å². The second kappa shape index (κ2) is 5.29. The van der Waals surface area contributed by atoms with E-state index in [9.17, 15) is 9.90 Å². The first kappa shape index (κ1) is 13.2. The van der Waals surface area contributed by atoms with Gasteiger partial charge in [0.1, 0.15) is 11.5 Å². The lowest BCUT2D eigenvalue weighted by atomic mass is 9.97. The van der Waals surface area contributed by atoms with Gasteiger partial charge in [0.25, 0.3) is 0 Å².